The highest BCUT2D eigenvalue weighted by Gasteiger charge is 2.30. The average molecular weight is 332 g/mol. The fourth-order valence-electron chi connectivity index (χ4n) is 2.72. The van der Waals surface area contributed by atoms with Gasteiger partial charge in [-0.05, 0) is 30.2 Å². The van der Waals surface area contributed by atoms with Gasteiger partial charge < -0.3 is 15.2 Å². The van der Waals surface area contributed by atoms with E-state index < -0.39 is 12.1 Å². The van der Waals surface area contributed by atoms with Crippen molar-refractivity contribution >= 4 is 17.5 Å². The highest BCUT2D eigenvalue weighted by Crippen LogP contribution is 2.31. The Kier molecular flexibility index (Phi) is 4.84. The Hall–Kier alpha value is -2.04. The molecule has 0 saturated heterocycles. The first kappa shape index (κ1) is 15.8. The first-order chi connectivity index (χ1) is 11.1. The Morgan fingerprint density at radius 2 is 2.09 bits per heavy atom. The minimum Gasteiger partial charge on any atom is -0.490 e. The zero-order valence-corrected chi connectivity index (χ0v) is 13.3. The SMILES string of the molecule is O=C(CCc1cccc(Cl)c1)NC1c2ccccc2OCC1O. The summed E-state index contributed by atoms with van der Waals surface area (Å²) in [4.78, 5) is 12.2. The van der Waals surface area contributed by atoms with Gasteiger partial charge in [0.1, 0.15) is 18.5 Å². The zero-order valence-electron chi connectivity index (χ0n) is 12.5. The topological polar surface area (TPSA) is 58.6 Å². The number of aliphatic hydroxyl groups excluding tert-OH is 1. The molecule has 4 nitrogen and oxygen atoms in total. The van der Waals surface area contributed by atoms with Gasteiger partial charge in [0.15, 0.2) is 0 Å². The van der Waals surface area contributed by atoms with Gasteiger partial charge in [0.25, 0.3) is 0 Å². The number of aryl methyl sites for hydroxylation is 1. The molecule has 120 valence electrons. The van der Waals surface area contributed by atoms with Crippen molar-refractivity contribution in [2.45, 2.75) is 25.0 Å². The van der Waals surface area contributed by atoms with Gasteiger partial charge >= 0.3 is 0 Å². The number of hydrogen-bond donors (Lipinski definition) is 2. The average Bonchev–Trinajstić information content (AvgIpc) is 2.56. The number of rotatable bonds is 4. The Morgan fingerprint density at radius 3 is 2.91 bits per heavy atom. The van der Waals surface area contributed by atoms with Crippen LogP contribution in [0.1, 0.15) is 23.6 Å². The van der Waals surface area contributed by atoms with E-state index in [4.69, 9.17) is 16.3 Å². The molecule has 3 rings (SSSR count). The van der Waals surface area contributed by atoms with Crippen LogP contribution in [-0.2, 0) is 11.2 Å². The van der Waals surface area contributed by atoms with Crippen molar-refractivity contribution in [1.82, 2.24) is 5.32 Å². The quantitative estimate of drug-likeness (QED) is 0.905. The lowest BCUT2D eigenvalue weighted by Gasteiger charge is -2.31. The third-order valence-corrected chi connectivity index (χ3v) is 4.13. The molecule has 1 amide bonds. The molecule has 1 heterocycles. The van der Waals surface area contributed by atoms with Crippen molar-refractivity contribution in [3.05, 3.63) is 64.7 Å². The van der Waals surface area contributed by atoms with Gasteiger partial charge in [-0.3, -0.25) is 4.79 Å². The number of halogens is 1. The molecule has 1 aliphatic rings. The van der Waals surface area contributed by atoms with Crippen LogP contribution in [0.25, 0.3) is 0 Å². The molecule has 0 radical (unpaired) electrons. The van der Waals surface area contributed by atoms with Crippen molar-refractivity contribution in [2.75, 3.05) is 6.61 Å². The minimum atomic E-state index is -0.750. The van der Waals surface area contributed by atoms with E-state index in [1.807, 2.05) is 42.5 Å². The number of nitrogens with one attached hydrogen (secondary N) is 1. The van der Waals surface area contributed by atoms with Gasteiger partial charge in [0.2, 0.25) is 5.91 Å². The molecule has 23 heavy (non-hydrogen) atoms. The van der Waals surface area contributed by atoms with E-state index in [-0.39, 0.29) is 12.5 Å². The number of carbonyl (C=O) groups is 1. The second-order valence-electron chi connectivity index (χ2n) is 5.59. The molecule has 0 aliphatic carbocycles. The number of ether oxygens (including phenoxy) is 1. The van der Waals surface area contributed by atoms with Gasteiger partial charge in [-0.25, -0.2) is 0 Å². The molecule has 2 N–H and O–H groups in total. The lowest BCUT2D eigenvalue weighted by Crippen LogP contribution is -2.42. The number of hydrogen-bond acceptors (Lipinski definition) is 3. The van der Waals surface area contributed by atoms with E-state index in [1.165, 1.54) is 0 Å². The van der Waals surface area contributed by atoms with Gasteiger partial charge in [0, 0.05) is 17.0 Å². The molecule has 0 saturated carbocycles. The van der Waals surface area contributed by atoms with E-state index in [0.717, 1.165) is 11.1 Å². The van der Waals surface area contributed by atoms with Crippen molar-refractivity contribution in [3.63, 3.8) is 0 Å². The zero-order chi connectivity index (χ0) is 16.2. The monoisotopic (exact) mass is 331 g/mol. The van der Waals surface area contributed by atoms with E-state index >= 15 is 0 Å². The molecule has 5 heteroatoms. The van der Waals surface area contributed by atoms with E-state index in [2.05, 4.69) is 5.32 Å². The Morgan fingerprint density at radius 1 is 1.26 bits per heavy atom. The van der Waals surface area contributed by atoms with Gasteiger partial charge in [-0.15, -0.1) is 0 Å². The van der Waals surface area contributed by atoms with E-state index in [1.54, 1.807) is 6.07 Å². The smallest absolute Gasteiger partial charge is 0.220 e. The second-order valence-corrected chi connectivity index (χ2v) is 6.03. The Labute approximate surface area is 140 Å². The summed E-state index contributed by atoms with van der Waals surface area (Å²) in [7, 11) is 0. The maximum Gasteiger partial charge on any atom is 0.220 e. The van der Waals surface area contributed by atoms with Crippen molar-refractivity contribution in [2.24, 2.45) is 0 Å². The Balaban J connectivity index is 1.63. The molecule has 1 aliphatic heterocycles. The molecule has 2 unspecified atom stereocenters. The van der Waals surface area contributed by atoms with Crippen LogP contribution in [0, 0.1) is 0 Å². The summed E-state index contributed by atoms with van der Waals surface area (Å²) in [6, 6.07) is 14.5. The predicted octanol–water partition coefficient (Wildman–Crippen LogP) is 2.88. The molecule has 0 bridgehead atoms. The maximum absolute atomic E-state index is 12.2. The van der Waals surface area contributed by atoms with Gasteiger partial charge in [0.05, 0.1) is 6.04 Å². The van der Waals surface area contributed by atoms with Crippen LogP contribution >= 0.6 is 11.6 Å². The summed E-state index contributed by atoms with van der Waals surface area (Å²) in [5, 5.41) is 13.7. The number of fused-ring (bicyclic) bond motifs is 1. The number of para-hydroxylation sites is 1. The molecule has 0 spiro atoms. The van der Waals surface area contributed by atoms with Crippen LogP contribution in [0.2, 0.25) is 5.02 Å². The highest BCUT2D eigenvalue weighted by atomic mass is 35.5. The third kappa shape index (κ3) is 3.84. The fraction of sp³-hybridized carbons (Fsp3) is 0.278. The van der Waals surface area contributed by atoms with Crippen LogP contribution < -0.4 is 10.1 Å². The summed E-state index contributed by atoms with van der Waals surface area (Å²) in [6.45, 7) is 0.177. The standard InChI is InChI=1S/C18H18ClNO3/c19-13-5-3-4-12(10-13)8-9-17(22)20-18-14-6-1-2-7-16(14)23-11-15(18)21/h1-7,10,15,18,21H,8-9,11H2,(H,20,22). The molecule has 2 aromatic rings. The van der Waals surface area contributed by atoms with Crippen LogP contribution in [0.5, 0.6) is 5.75 Å². The third-order valence-electron chi connectivity index (χ3n) is 3.89. The maximum atomic E-state index is 12.2. The minimum absolute atomic E-state index is 0.106. The number of aliphatic hydroxyl groups is 1. The van der Waals surface area contributed by atoms with Crippen LogP contribution in [0.15, 0.2) is 48.5 Å². The first-order valence-corrected chi connectivity index (χ1v) is 7.95. The van der Waals surface area contributed by atoms with Crippen molar-refractivity contribution in [1.29, 1.82) is 0 Å². The van der Waals surface area contributed by atoms with Gasteiger partial charge in [-0.1, -0.05) is 41.9 Å². The normalized spacial score (nSPS) is 19.6. The van der Waals surface area contributed by atoms with Crippen molar-refractivity contribution < 1.29 is 14.6 Å². The summed E-state index contributed by atoms with van der Waals surface area (Å²) >= 11 is 5.94. The van der Waals surface area contributed by atoms with E-state index in [9.17, 15) is 9.90 Å². The first-order valence-electron chi connectivity index (χ1n) is 7.57. The number of amides is 1. The second kappa shape index (κ2) is 7.02. The molecular weight excluding hydrogens is 314 g/mol. The van der Waals surface area contributed by atoms with Crippen LogP contribution in [0.3, 0.4) is 0 Å². The summed E-state index contributed by atoms with van der Waals surface area (Å²) in [5.74, 6) is 0.601. The summed E-state index contributed by atoms with van der Waals surface area (Å²) in [5.41, 5.74) is 1.82. The molecule has 2 atom stereocenters. The lowest BCUT2D eigenvalue weighted by molar-refractivity contribution is -0.123. The predicted molar refractivity (Wildman–Crippen MR) is 88.6 cm³/mol. The number of carbonyl (C=O) groups excluding carboxylic acids is 1. The molecule has 0 aromatic heterocycles. The molecule has 0 fully saturated rings. The van der Waals surface area contributed by atoms with Gasteiger partial charge in [-0.2, -0.15) is 0 Å². The molecular formula is C18H18ClNO3. The Bertz CT molecular complexity index is 704. The van der Waals surface area contributed by atoms with Crippen LogP contribution in [0.4, 0.5) is 0 Å². The van der Waals surface area contributed by atoms with Crippen molar-refractivity contribution in [3.8, 4) is 5.75 Å². The highest BCUT2D eigenvalue weighted by molar-refractivity contribution is 6.30. The largest absolute Gasteiger partial charge is 0.490 e. The lowest BCUT2D eigenvalue weighted by atomic mass is 9.98. The fourth-order valence-corrected chi connectivity index (χ4v) is 2.93. The van der Waals surface area contributed by atoms with Crippen LogP contribution in [-0.4, -0.2) is 23.7 Å². The number of benzene rings is 2. The molecule has 2 aromatic carbocycles. The summed E-state index contributed by atoms with van der Waals surface area (Å²) in [6.07, 6.45) is 0.194. The van der Waals surface area contributed by atoms with E-state index in [0.29, 0.717) is 23.6 Å². The summed E-state index contributed by atoms with van der Waals surface area (Å²) < 4.78 is 5.47.